The molecule has 0 aliphatic carbocycles. The number of hydrogen-bond acceptors (Lipinski definition) is 6. The SMILES string of the molecule is CCc1ccc(-n2nncc2-c2cc(OC)c(OC)c(OC)c2OC)cc1. The summed E-state index contributed by atoms with van der Waals surface area (Å²) in [4.78, 5) is 0. The van der Waals surface area contributed by atoms with Gasteiger partial charge in [0.1, 0.15) is 0 Å². The number of methoxy groups -OCH3 is 4. The van der Waals surface area contributed by atoms with Crippen molar-refractivity contribution in [3.8, 4) is 39.9 Å². The lowest BCUT2D eigenvalue weighted by molar-refractivity contribution is 0.306. The monoisotopic (exact) mass is 369 g/mol. The lowest BCUT2D eigenvalue weighted by atomic mass is 10.1. The Morgan fingerprint density at radius 3 is 2.07 bits per heavy atom. The summed E-state index contributed by atoms with van der Waals surface area (Å²) in [5.74, 6) is 1.96. The Bertz CT molecular complexity index is 920. The molecule has 2 aromatic carbocycles. The van der Waals surface area contributed by atoms with Gasteiger partial charge in [-0.15, -0.1) is 5.10 Å². The molecule has 0 atom stereocenters. The molecule has 0 aliphatic rings. The number of nitrogens with zero attached hydrogens (tertiary/aromatic N) is 3. The first-order valence-electron chi connectivity index (χ1n) is 8.55. The van der Waals surface area contributed by atoms with Crippen molar-refractivity contribution < 1.29 is 18.9 Å². The second kappa shape index (κ2) is 7.99. The average molecular weight is 369 g/mol. The van der Waals surface area contributed by atoms with Crippen LogP contribution in [0.2, 0.25) is 0 Å². The van der Waals surface area contributed by atoms with E-state index in [9.17, 15) is 0 Å². The summed E-state index contributed by atoms with van der Waals surface area (Å²) in [5.41, 5.74) is 3.63. The molecule has 3 aromatic rings. The van der Waals surface area contributed by atoms with Gasteiger partial charge < -0.3 is 18.9 Å². The van der Waals surface area contributed by atoms with Crippen molar-refractivity contribution in [1.29, 1.82) is 0 Å². The number of ether oxygens (including phenoxy) is 4. The molecule has 142 valence electrons. The van der Waals surface area contributed by atoms with E-state index in [1.165, 1.54) is 5.56 Å². The van der Waals surface area contributed by atoms with Crippen LogP contribution in [0.1, 0.15) is 12.5 Å². The van der Waals surface area contributed by atoms with Gasteiger partial charge in [0.15, 0.2) is 11.5 Å². The van der Waals surface area contributed by atoms with Gasteiger partial charge in [0.2, 0.25) is 11.5 Å². The highest BCUT2D eigenvalue weighted by atomic mass is 16.5. The largest absolute Gasteiger partial charge is 0.493 e. The third-order valence-corrected chi connectivity index (χ3v) is 4.40. The van der Waals surface area contributed by atoms with Gasteiger partial charge in [-0.1, -0.05) is 24.3 Å². The topological polar surface area (TPSA) is 67.6 Å². The van der Waals surface area contributed by atoms with Crippen LogP contribution in [0.4, 0.5) is 0 Å². The van der Waals surface area contributed by atoms with Gasteiger partial charge in [0, 0.05) is 0 Å². The van der Waals surface area contributed by atoms with E-state index in [1.807, 2.05) is 18.2 Å². The van der Waals surface area contributed by atoms with E-state index in [4.69, 9.17) is 18.9 Å². The zero-order valence-electron chi connectivity index (χ0n) is 16.1. The zero-order chi connectivity index (χ0) is 19.4. The molecule has 0 bridgehead atoms. The Hall–Kier alpha value is -3.22. The lowest BCUT2D eigenvalue weighted by Gasteiger charge is -2.18. The van der Waals surface area contributed by atoms with E-state index < -0.39 is 0 Å². The normalized spacial score (nSPS) is 10.6. The summed E-state index contributed by atoms with van der Waals surface area (Å²) in [6.45, 7) is 2.12. The molecule has 0 fully saturated rings. The van der Waals surface area contributed by atoms with Crippen molar-refractivity contribution in [2.45, 2.75) is 13.3 Å². The summed E-state index contributed by atoms with van der Waals surface area (Å²) in [7, 11) is 6.27. The first kappa shape index (κ1) is 18.6. The molecule has 0 aliphatic heterocycles. The van der Waals surface area contributed by atoms with E-state index >= 15 is 0 Å². The lowest BCUT2D eigenvalue weighted by Crippen LogP contribution is -2.03. The van der Waals surface area contributed by atoms with Crippen LogP contribution in [0.25, 0.3) is 16.9 Å². The van der Waals surface area contributed by atoms with Crippen LogP contribution in [0.5, 0.6) is 23.0 Å². The van der Waals surface area contributed by atoms with Crippen LogP contribution >= 0.6 is 0 Å². The fourth-order valence-electron chi connectivity index (χ4n) is 3.00. The number of rotatable bonds is 7. The number of aryl methyl sites for hydroxylation is 1. The zero-order valence-corrected chi connectivity index (χ0v) is 16.1. The molecule has 7 heteroatoms. The van der Waals surface area contributed by atoms with Crippen LogP contribution in [-0.2, 0) is 6.42 Å². The number of aromatic nitrogens is 3. The van der Waals surface area contributed by atoms with Gasteiger partial charge in [-0.25, -0.2) is 4.68 Å². The maximum atomic E-state index is 5.63. The second-order valence-electron chi connectivity index (χ2n) is 5.78. The van der Waals surface area contributed by atoms with Crippen molar-refractivity contribution in [2.75, 3.05) is 28.4 Å². The number of benzene rings is 2. The van der Waals surface area contributed by atoms with Crippen LogP contribution in [0.3, 0.4) is 0 Å². The van der Waals surface area contributed by atoms with Crippen molar-refractivity contribution in [2.24, 2.45) is 0 Å². The molecule has 0 N–H and O–H groups in total. The number of hydrogen-bond donors (Lipinski definition) is 0. The third-order valence-electron chi connectivity index (χ3n) is 4.40. The summed E-state index contributed by atoms with van der Waals surface area (Å²) in [5, 5.41) is 8.34. The molecule has 7 nitrogen and oxygen atoms in total. The molecule has 0 amide bonds. The fraction of sp³-hybridized carbons (Fsp3) is 0.300. The predicted octanol–water partition coefficient (Wildman–Crippen LogP) is 3.53. The van der Waals surface area contributed by atoms with Crippen LogP contribution < -0.4 is 18.9 Å². The minimum Gasteiger partial charge on any atom is -0.493 e. The molecule has 1 aromatic heterocycles. The van der Waals surface area contributed by atoms with E-state index in [1.54, 1.807) is 39.3 Å². The Kier molecular flexibility index (Phi) is 5.49. The van der Waals surface area contributed by atoms with Crippen molar-refractivity contribution in [1.82, 2.24) is 15.0 Å². The molecule has 3 rings (SSSR count). The van der Waals surface area contributed by atoms with E-state index in [0.717, 1.165) is 23.4 Å². The van der Waals surface area contributed by atoms with Gasteiger partial charge in [-0.3, -0.25) is 0 Å². The standard InChI is InChI=1S/C20H23N3O4/c1-6-13-7-9-14(10-8-13)23-16(12-21-22-23)15-11-17(24-2)19(26-4)20(27-5)18(15)25-3/h7-12H,6H2,1-5H3. The van der Waals surface area contributed by atoms with Crippen LogP contribution in [0, 0.1) is 0 Å². The van der Waals surface area contributed by atoms with Crippen molar-refractivity contribution in [3.05, 3.63) is 42.1 Å². The smallest absolute Gasteiger partial charge is 0.207 e. The van der Waals surface area contributed by atoms with Crippen LogP contribution in [0.15, 0.2) is 36.5 Å². The maximum Gasteiger partial charge on any atom is 0.207 e. The van der Waals surface area contributed by atoms with Gasteiger partial charge in [-0.05, 0) is 30.2 Å². The molecule has 0 spiro atoms. The minimum atomic E-state index is 0.448. The average Bonchev–Trinajstić information content (AvgIpc) is 3.21. The summed E-state index contributed by atoms with van der Waals surface area (Å²) < 4.78 is 23.8. The predicted molar refractivity (Wildman–Crippen MR) is 102 cm³/mol. The Morgan fingerprint density at radius 2 is 1.52 bits per heavy atom. The highest BCUT2D eigenvalue weighted by Gasteiger charge is 2.24. The molecule has 0 radical (unpaired) electrons. The first-order valence-corrected chi connectivity index (χ1v) is 8.55. The van der Waals surface area contributed by atoms with Crippen molar-refractivity contribution >= 4 is 0 Å². The molecule has 0 saturated carbocycles. The fourth-order valence-corrected chi connectivity index (χ4v) is 3.00. The molecule has 27 heavy (non-hydrogen) atoms. The van der Waals surface area contributed by atoms with Gasteiger partial charge in [0.25, 0.3) is 0 Å². The molecule has 1 heterocycles. The van der Waals surface area contributed by atoms with Gasteiger partial charge in [-0.2, -0.15) is 0 Å². The summed E-state index contributed by atoms with van der Waals surface area (Å²) in [6, 6.07) is 10.0. The third kappa shape index (κ3) is 3.28. The van der Waals surface area contributed by atoms with Crippen molar-refractivity contribution in [3.63, 3.8) is 0 Å². The van der Waals surface area contributed by atoms with E-state index in [-0.39, 0.29) is 0 Å². The Labute approximate surface area is 158 Å². The summed E-state index contributed by atoms with van der Waals surface area (Å²) in [6.07, 6.45) is 2.65. The molecule has 0 unspecified atom stereocenters. The molecular weight excluding hydrogens is 346 g/mol. The highest BCUT2D eigenvalue weighted by Crippen LogP contribution is 2.50. The maximum absolute atomic E-state index is 5.63. The first-order chi connectivity index (χ1) is 13.2. The quantitative estimate of drug-likeness (QED) is 0.635. The summed E-state index contributed by atoms with van der Waals surface area (Å²) >= 11 is 0. The van der Waals surface area contributed by atoms with E-state index in [2.05, 4.69) is 29.4 Å². The van der Waals surface area contributed by atoms with Gasteiger partial charge in [0.05, 0.1) is 51.6 Å². The minimum absolute atomic E-state index is 0.448. The van der Waals surface area contributed by atoms with E-state index in [0.29, 0.717) is 23.0 Å². The van der Waals surface area contributed by atoms with Crippen LogP contribution in [-0.4, -0.2) is 43.4 Å². The Morgan fingerprint density at radius 1 is 0.852 bits per heavy atom. The Balaban J connectivity index is 2.21. The second-order valence-corrected chi connectivity index (χ2v) is 5.78. The molecular formula is C20H23N3O4. The van der Waals surface area contributed by atoms with Gasteiger partial charge >= 0.3 is 0 Å². The highest BCUT2D eigenvalue weighted by molar-refractivity contribution is 5.78. The molecule has 0 saturated heterocycles.